The van der Waals surface area contributed by atoms with E-state index < -0.39 is 23.7 Å². The van der Waals surface area contributed by atoms with Crippen molar-refractivity contribution in [2.45, 2.75) is 44.8 Å². The summed E-state index contributed by atoms with van der Waals surface area (Å²) >= 11 is 6.06. The number of amides is 1. The molecule has 41 heavy (non-hydrogen) atoms. The predicted molar refractivity (Wildman–Crippen MR) is 148 cm³/mol. The molecule has 2 aromatic heterocycles. The van der Waals surface area contributed by atoms with Crippen LogP contribution in [0.5, 0.6) is 0 Å². The monoisotopic (exact) mass is 585 g/mol. The molecule has 1 amide bonds. The smallest absolute Gasteiger partial charge is 0.434 e. The van der Waals surface area contributed by atoms with Crippen LogP contribution in [-0.4, -0.2) is 41.4 Å². The van der Waals surface area contributed by atoms with Crippen molar-refractivity contribution < 1.29 is 27.9 Å². The Morgan fingerprint density at radius 1 is 1.05 bits per heavy atom. The van der Waals surface area contributed by atoms with Gasteiger partial charge in [0.25, 0.3) is 5.91 Å². The highest BCUT2D eigenvalue weighted by Gasteiger charge is 2.34. The largest absolute Gasteiger partial charge is 0.481 e. The first-order valence-corrected chi connectivity index (χ1v) is 13.2. The second kappa shape index (κ2) is 12.5. The number of aromatic nitrogens is 4. The van der Waals surface area contributed by atoms with Crippen molar-refractivity contribution in [3.8, 4) is 11.3 Å². The number of nitrogens with zero attached hydrogens (tertiary/aromatic N) is 5. The van der Waals surface area contributed by atoms with Crippen molar-refractivity contribution in [3.05, 3.63) is 89.2 Å². The molecule has 0 aliphatic carbocycles. The van der Waals surface area contributed by atoms with E-state index in [4.69, 9.17) is 26.7 Å². The number of rotatable bonds is 11. The quantitative estimate of drug-likeness (QED) is 0.197. The average molecular weight is 586 g/mol. The first-order valence-electron chi connectivity index (χ1n) is 12.8. The number of hydrogen-bond acceptors (Lipinski definition) is 5. The molecular weight excluding hydrogens is 559 g/mol. The first kappa shape index (κ1) is 29.7. The number of carbonyl (C=O) groups excluding carboxylic acids is 1. The third-order valence-electron chi connectivity index (χ3n) is 6.46. The fraction of sp³-hybridized carbons (Fsp3) is 0.276. The Morgan fingerprint density at radius 2 is 1.78 bits per heavy atom. The third-order valence-corrected chi connectivity index (χ3v) is 6.71. The lowest BCUT2D eigenvalue weighted by Crippen LogP contribution is -2.26. The van der Waals surface area contributed by atoms with E-state index in [-0.39, 0.29) is 24.4 Å². The van der Waals surface area contributed by atoms with Gasteiger partial charge in [0, 0.05) is 42.0 Å². The Balaban J connectivity index is 1.63. The highest BCUT2D eigenvalue weighted by Crippen LogP contribution is 2.29. The fourth-order valence-corrected chi connectivity index (χ4v) is 4.43. The molecule has 214 valence electrons. The van der Waals surface area contributed by atoms with Gasteiger partial charge in [-0.15, -0.1) is 0 Å². The topological polar surface area (TPSA) is 101 Å². The summed E-state index contributed by atoms with van der Waals surface area (Å²) in [6.45, 7) is 3.44. The number of halogens is 4. The Morgan fingerprint density at radius 3 is 2.41 bits per heavy atom. The number of fused-ring (bicyclic) bond motifs is 1. The number of carboxylic acids is 1. The molecule has 0 bridgehead atoms. The second-order valence-corrected chi connectivity index (χ2v) is 9.89. The van der Waals surface area contributed by atoms with Crippen LogP contribution in [0.15, 0.2) is 61.4 Å². The number of hydrogen-bond donors (Lipinski definition) is 1. The number of carboxylic acid groups (broad SMARTS) is 1. The van der Waals surface area contributed by atoms with Gasteiger partial charge in [0.15, 0.2) is 5.69 Å². The van der Waals surface area contributed by atoms with Crippen molar-refractivity contribution in [2.24, 2.45) is 7.05 Å². The summed E-state index contributed by atoms with van der Waals surface area (Å²) in [5.41, 5.74) is 2.39. The van der Waals surface area contributed by atoms with Crippen molar-refractivity contribution in [3.63, 3.8) is 0 Å². The Bertz CT molecular complexity index is 1590. The van der Waals surface area contributed by atoms with E-state index in [1.54, 1.807) is 30.3 Å². The van der Waals surface area contributed by atoms with Crippen molar-refractivity contribution >= 4 is 34.5 Å². The van der Waals surface area contributed by atoms with Crippen LogP contribution >= 0.6 is 11.6 Å². The summed E-state index contributed by atoms with van der Waals surface area (Å²) in [6, 6.07) is 12.0. The number of aliphatic carboxylic acids is 1. The first-order chi connectivity index (χ1) is 19.5. The molecule has 0 aliphatic rings. The zero-order valence-electron chi connectivity index (χ0n) is 22.2. The molecule has 4 rings (SSSR count). The van der Waals surface area contributed by atoms with Crippen LogP contribution in [0.3, 0.4) is 0 Å². The molecular formula is C29H27ClF3N5O3. The molecule has 2 heterocycles. The Labute approximate surface area is 239 Å². The summed E-state index contributed by atoms with van der Waals surface area (Å²) in [4.78, 5) is 38.6. The van der Waals surface area contributed by atoms with E-state index in [0.717, 1.165) is 11.8 Å². The molecule has 0 spiro atoms. The molecule has 1 N–H and O–H groups in total. The van der Waals surface area contributed by atoms with E-state index in [1.165, 1.54) is 22.7 Å². The van der Waals surface area contributed by atoms with Gasteiger partial charge in [-0.2, -0.15) is 13.2 Å². The molecule has 0 saturated heterocycles. The number of carbonyl (C=O) groups is 2. The molecule has 0 atom stereocenters. The molecule has 0 fully saturated rings. The van der Waals surface area contributed by atoms with E-state index >= 15 is 0 Å². The van der Waals surface area contributed by atoms with E-state index in [0.29, 0.717) is 53.1 Å². The third kappa shape index (κ3) is 7.29. The van der Waals surface area contributed by atoms with Gasteiger partial charge >= 0.3 is 12.1 Å². The maximum absolute atomic E-state index is 13.3. The van der Waals surface area contributed by atoms with Gasteiger partial charge in [-0.25, -0.2) is 15.0 Å². The SMILES string of the molecule is C=CN(Cc1nc(C(F)(F)F)cn1C)C(=O)c1ccc2nc(-c3ccc(Cl)cc3)c(CCCCCC(=O)O)nc2c1. The fourth-order valence-electron chi connectivity index (χ4n) is 4.31. The number of imidazole rings is 1. The summed E-state index contributed by atoms with van der Waals surface area (Å²) in [7, 11) is 1.43. The number of unbranched alkanes of at least 4 members (excludes halogenated alkanes) is 2. The van der Waals surface area contributed by atoms with Crippen LogP contribution < -0.4 is 0 Å². The van der Waals surface area contributed by atoms with Crippen LogP contribution in [0.2, 0.25) is 5.02 Å². The lowest BCUT2D eigenvalue weighted by Gasteiger charge is -2.18. The van der Waals surface area contributed by atoms with Crippen LogP contribution in [0, 0.1) is 0 Å². The molecule has 2 aromatic carbocycles. The minimum Gasteiger partial charge on any atom is -0.481 e. The zero-order chi connectivity index (χ0) is 29.7. The van der Waals surface area contributed by atoms with E-state index in [1.807, 2.05) is 12.1 Å². The van der Waals surface area contributed by atoms with E-state index in [9.17, 15) is 22.8 Å². The van der Waals surface area contributed by atoms with Gasteiger partial charge in [-0.3, -0.25) is 9.59 Å². The Hall–Kier alpha value is -4.25. The van der Waals surface area contributed by atoms with Crippen LogP contribution in [-0.2, 0) is 31.0 Å². The minimum atomic E-state index is -4.60. The normalized spacial score (nSPS) is 11.5. The number of benzene rings is 2. The molecule has 4 aromatic rings. The molecule has 12 heteroatoms. The second-order valence-electron chi connectivity index (χ2n) is 9.45. The summed E-state index contributed by atoms with van der Waals surface area (Å²) < 4.78 is 40.5. The van der Waals surface area contributed by atoms with Gasteiger partial charge in [0.1, 0.15) is 5.82 Å². The highest BCUT2D eigenvalue weighted by atomic mass is 35.5. The zero-order valence-corrected chi connectivity index (χ0v) is 22.9. The minimum absolute atomic E-state index is 0.0453. The van der Waals surface area contributed by atoms with Gasteiger partial charge in [0.05, 0.1) is 29.0 Å². The van der Waals surface area contributed by atoms with E-state index in [2.05, 4.69) is 11.6 Å². The maximum atomic E-state index is 13.3. The molecule has 0 unspecified atom stereocenters. The number of alkyl halides is 3. The van der Waals surface area contributed by atoms with Gasteiger partial charge in [-0.1, -0.05) is 36.7 Å². The summed E-state index contributed by atoms with van der Waals surface area (Å²) in [5, 5.41) is 9.48. The van der Waals surface area contributed by atoms with Crippen LogP contribution in [0.25, 0.3) is 22.3 Å². The van der Waals surface area contributed by atoms with Crippen molar-refractivity contribution in [2.75, 3.05) is 0 Å². The average Bonchev–Trinajstić information content (AvgIpc) is 3.31. The lowest BCUT2D eigenvalue weighted by molar-refractivity contribution is -0.141. The summed E-state index contributed by atoms with van der Waals surface area (Å²) in [5.74, 6) is -1.28. The predicted octanol–water partition coefficient (Wildman–Crippen LogP) is 6.68. The van der Waals surface area contributed by atoms with Crippen LogP contribution in [0.4, 0.5) is 13.2 Å². The van der Waals surface area contributed by atoms with Gasteiger partial charge in [0.2, 0.25) is 0 Å². The number of aryl methyl sites for hydroxylation is 2. The summed E-state index contributed by atoms with van der Waals surface area (Å²) in [6.07, 6.45) is 0.0772. The van der Waals surface area contributed by atoms with Crippen LogP contribution in [0.1, 0.15) is 53.3 Å². The molecule has 0 radical (unpaired) electrons. The highest BCUT2D eigenvalue weighted by molar-refractivity contribution is 6.30. The Kier molecular flexibility index (Phi) is 9.07. The standard InChI is InChI=1S/C29H27ClF3N5O3/c1-3-38(17-25-36-24(16-37(25)2)29(31,32)33)28(41)19-11-14-21-23(15-19)34-22(7-5-4-6-8-26(39)40)27(35-21)18-9-12-20(30)13-10-18/h3,9-16H,1,4-8,17H2,2H3,(H,39,40). The maximum Gasteiger partial charge on any atom is 0.434 e. The molecule has 0 aliphatic heterocycles. The van der Waals surface area contributed by atoms with Gasteiger partial charge < -0.3 is 14.6 Å². The van der Waals surface area contributed by atoms with Crippen molar-refractivity contribution in [1.29, 1.82) is 0 Å². The van der Waals surface area contributed by atoms with Crippen molar-refractivity contribution in [1.82, 2.24) is 24.4 Å². The lowest BCUT2D eigenvalue weighted by atomic mass is 10.0. The molecule has 0 saturated carbocycles. The molecule has 8 nitrogen and oxygen atoms in total. The van der Waals surface area contributed by atoms with Gasteiger partial charge in [-0.05, 0) is 49.6 Å².